The van der Waals surface area contributed by atoms with Gasteiger partial charge in [-0.25, -0.2) is 9.78 Å². The third kappa shape index (κ3) is 3.62. The van der Waals surface area contributed by atoms with Crippen molar-refractivity contribution >= 4 is 11.8 Å². The van der Waals surface area contributed by atoms with Crippen LogP contribution < -0.4 is 4.90 Å². The molecule has 2 atom stereocenters. The molecule has 3 aliphatic rings. The molecule has 0 N–H and O–H groups in total. The lowest BCUT2D eigenvalue weighted by Gasteiger charge is -2.39. The topological polar surface area (TPSA) is 72.7 Å². The van der Waals surface area contributed by atoms with E-state index in [-0.39, 0.29) is 12.1 Å². The molecule has 29 heavy (non-hydrogen) atoms. The Morgan fingerprint density at radius 3 is 2.97 bits per heavy atom. The lowest BCUT2D eigenvalue weighted by Crippen LogP contribution is -2.54. The van der Waals surface area contributed by atoms with Crippen LogP contribution in [0.2, 0.25) is 0 Å². The fourth-order valence-electron chi connectivity index (χ4n) is 4.49. The quantitative estimate of drug-likeness (QED) is 0.776. The Kier molecular flexibility index (Phi) is 4.97. The molecule has 2 aromatic rings. The van der Waals surface area contributed by atoms with Crippen molar-refractivity contribution in [2.75, 3.05) is 44.4 Å². The number of fused-ring (bicyclic) bond motifs is 1. The van der Waals surface area contributed by atoms with Crippen LogP contribution >= 0.6 is 0 Å². The smallest absolute Gasteiger partial charge is 0.325 e. The van der Waals surface area contributed by atoms with E-state index in [0.717, 1.165) is 55.1 Å². The van der Waals surface area contributed by atoms with Crippen LogP contribution in [0.1, 0.15) is 18.4 Å². The first kappa shape index (κ1) is 18.6. The lowest BCUT2D eigenvalue weighted by molar-refractivity contribution is -0.0451. The molecule has 2 saturated heterocycles. The molecular formula is C21H27N5O3. The van der Waals surface area contributed by atoms with E-state index in [2.05, 4.69) is 11.2 Å². The Morgan fingerprint density at radius 2 is 2.17 bits per heavy atom. The van der Waals surface area contributed by atoms with Crippen molar-refractivity contribution in [3.05, 3.63) is 30.1 Å². The van der Waals surface area contributed by atoms with Crippen molar-refractivity contribution in [2.45, 2.75) is 25.4 Å². The van der Waals surface area contributed by atoms with E-state index in [1.807, 2.05) is 29.1 Å². The number of pyridine rings is 1. The Hall–Kier alpha value is -2.45. The summed E-state index contributed by atoms with van der Waals surface area (Å²) in [6.45, 7) is 4.05. The molecule has 0 spiro atoms. The summed E-state index contributed by atoms with van der Waals surface area (Å²) in [5.74, 6) is 1.17. The maximum Gasteiger partial charge on any atom is 0.325 e. The van der Waals surface area contributed by atoms with Gasteiger partial charge in [0.2, 0.25) is 0 Å². The maximum absolute atomic E-state index is 13.4. The summed E-state index contributed by atoms with van der Waals surface area (Å²) in [6.07, 6.45) is 6.73. The highest BCUT2D eigenvalue weighted by atomic mass is 16.5. The Morgan fingerprint density at radius 1 is 1.24 bits per heavy atom. The number of ether oxygens (including phenoxy) is 2. The molecular weight excluding hydrogens is 370 g/mol. The fraction of sp³-hybridized carbons (Fsp3) is 0.571. The summed E-state index contributed by atoms with van der Waals surface area (Å²) in [7, 11) is 1.89. The zero-order chi connectivity index (χ0) is 19.8. The van der Waals surface area contributed by atoms with E-state index in [0.29, 0.717) is 32.2 Å². The highest BCUT2D eigenvalue weighted by molar-refractivity contribution is 5.92. The first-order chi connectivity index (χ1) is 14.2. The Balaban J connectivity index is 1.38. The number of anilines is 1. The average molecular weight is 397 g/mol. The fourth-order valence-corrected chi connectivity index (χ4v) is 4.49. The van der Waals surface area contributed by atoms with Crippen LogP contribution in [-0.4, -0.2) is 71.3 Å². The zero-order valence-electron chi connectivity index (χ0n) is 16.8. The van der Waals surface area contributed by atoms with Gasteiger partial charge in [-0.1, -0.05) is 6.07 Å². The van der Waals surface area contributed by atoms with Gasteiger partial charge in [0.05, 0.1) is 31.2 Å². The van der Waals surface area contributed by atoms with Gasteiger partial charge in [-0.05, 0) is 30.9 Å². The molecule has 8 nitrogen and oxygen atoms in total. The summed E-state index contributed by atoms with van der Waals surface area (Å²) in [6, 6.07) is 4.16. The number of carbonyl (C=O) groups excluding carboxylic acids is 1. The first-order valence-corrected chi connectivity index (χ1v) is 10.4. The lowest BCUT2D eigenvalue weighted by atomic mass is 10.00. The van der Waals surface area contributed by atoms with Crippen LogP contribution in [0.3, 0.4) is 0 Å². The Bertz CT molecular complexity index is 892. The molecule has 3 aliphatic heterocycles. The average Bonchev–Trinajstić information content (AvgIpc) is 3.45. The molecule has 0 aromatic carbocycles. The van der Waals surface area contributed by atoms with Crippen LogP contribution in [0, 0.1) is 5.92 Å². The monoisotopic (exact) mass is 397 g/mol. The van der Waals surface area contributed by atoms with E-state index in [9.17, 15) is 4.79 Å². The number of urea groups is 1. The molecule has 0 bridgehead atoms. The second-order valence-corrected chi connectivity index (χ2v) is 8.10. The first-order valence-electron chi connectivity index (χ1n) is 10.4. The van der Waals surface area contributed by atoms with Gasteiger partial charge in [-0.15, -0.1) is 0 Å². The number of hydrogen-bond acceptors (Lipinski definition) is 5. The molecule has 5 heterocycles. The molecule has 0 saturated carbocycles. The van der Waals surface area contributed by atoms with Crippen molar-refractivity contribution in [1.29, 1.82) is 0 Å². The maximum atomic E-state index is 13.4. The number of rotatable bonds is 2. The van der Waals surface area contributed by atoms with Gasteiger partial charge in [-0.3, -0.25) is 9.58 Å². The molecule has 2 amide bonds. The third-order valence-corrected chi connectivity index (χ3v) is 6.13. The van der Waals surface area contributed by atoms with E-state index in [1.54, 1.807) is 10.9 Å². The normalized spacial score (nSPS) is 24.6. The van der Waals surface area contributed by atoms with Crippen LogP contribution in [0.25, 0.3) is 11.3 Å². The third-order valence-electron chi connectivity index (χ3n) is 6.13. The molecule has 2 unspecified atom stereocenters. The number of hydrogen-bond donors (Lipinski definition) is 0. The SMILES string of the molecule is Cn1cc(-c2ccc3c(n2)N(C(=O)N2CCOC(C4CCOC4)C2)CCC3)cn1. The number of aryl methyl sites for hydroxylation is 2. The van der Waals surface area contributed by atoms with Crippen LogP contribution in [0.5, 0.6) is 0 Å². The number of amides is 2. The van der Waals surface area contributed by atoms with Gasteiger partial charge >= 0.3 is 6.03 Å². The molecule has 0 aliphatic carbocycles. The van der Waals surface area contributed by atoms with Gasteiger partial charge in [0.15, 0.2) is 0 Å². The number of carbonyl (C=O) groups is 1. The van der Waals surface area contributed by atoms with Crippen molar-refractivity contribution in [2.24, 2.45) is 13.0 Å². The minimum Gasteiger partial charge on any atom is -0.381 e. The van der Waals surface area contributed by atoms with E-state index < -0.39 is 0 Å². The van der Waals surface area contributed by atoms with Gasteiger partial charge < -0.3 is 14.4 Å². The van der Waals surface area contributed by atoms with Crippen molar-refractivity contribution in [3.63, 3.8) is 0 Å². The van der Waals surface area contributed by atoms with Crippen LogP contribution in [0.15, 0.2) is 24.5 Å². The molecule has 2 fully saturated rings. The van der Waals surface area contributed by atoms with Gasteiger partial charge in [-0.2, -0.15) is 5.10 Å². The second kappa shape index (κ2) is 7.76. The summed E-state index contributed by atoms with van der Waals surface area (Å²) in [4.78, 5) is 22.1. The van der Waals surface area contributed by atoms with Gasteiger partial charge in [0.25, 0.3) is 0 Å². The minimum absolute atomic E-state index is 0.0361. The predicted molar refractivity (Wildman–Crippen MR) is 108 cm³/mol. The van der Waals surface area contributed by atoms with E-state index in [4.69, 9.17) is 14.5 Å². The largest absolute Gasteiger partial charge is 0.381 e. The zero-order valence-corrected chi connectivity index (χ0v) is 16.8. The van der Waals surface area contributed by atoms with Crippen LogP contribution in [-0.2, 0) is 22.9 Å². The minimum atomic E-state index is 0.0361. The van der Waals surface area contributed by atoms with E-state index >= 15 is 0 Å². The molecule has 8 heteroatoms. The number of nitrogens with zero attached hydrogens (tertiary/aromatic N) is 5. The second-order valence-electron chi connectivity index (χ2n) is 8.10. The van der Waals surface area contributed by atoms with Crippen molar-refractivity contribution in [3.8, 4) is 11.3 Å². The Labute approximate surface area is 170 Å². The van der Waals surface area contributed by atoms with Gasteiger partial charge in [0, 0.05) is 51.0 Å². The molecule has 0 radical (unpaired) electrons. The highest BCUT2D eigenvalue weighted by Crippen LogP contribution is 2.30. The number of aromatic nitrogens is 3. The highest BCUT2D eigenvalue weighted by Gasteiger charge is 2.35. The summed E-state index contributed by atoms with van der Waals surface area (Å²) >= 11 is 0. The van der Waals surface area contributed by atoms with E-state index in [1.165, 1.54) is 0 Å². The van der Waals surface area contributed by atoms with Crippen molar-refractivity contribution in [1.82, 2.24) is 19.7 Å². The van der Waals surface area contributed by atoms with Gasteiger partial charge in [0.1, 0.15) is 5.82 Å². The number of morpholine rings is 1. The molecule has 154 valence electrons. The predicted octanol–water partition coefficient (Wildman–Crippen LogP) is 2.09. The molecule has 2 aromatic heterocycles. The van der Waals surface area contributed by atoms with Crippen molar-refractivity contribution < 1.29 is 14.3 Å². The van der Waals surface area contributed by atoms with Crippen LogP contribution in [0.4, 0.5) is 10.6 Å². The standard InChI is InChI=1S/C21H27N5O3/c1-24-12-17(11-22-24)18-5-4-15-3-2-7-26(20(15)23-18)21(27)25-8-10-29-19(13-25)16-6-9-28-14-16/h4-5,11-12,16,19H,2-3,6-10,13-14H2,1H3. The summed E-state index contributed by atoms with van der Waals surface area (Å²) < 4.78 is 13.2. The molecule has 5 rings (SSSR count). The summed E-state index contributed by atoms with van der Waals surface area (Å²) in [5.41, 5.74) is 2.94. The summed E-state index contributed by atoms with van der Waals surface area (Å²) in [5, 5.41) is 4.24.